The van der Waals surface area contributed by atoms with E-state index in [0.717, 1.165) is 19.4 Å². The van der Waals surface area contributed by atoms with E-state index >= 15 is 0 Å². The third-order valence-corrected chi connectivity index (χ3v) is 4.84. The van der Waals surface area contributed by atoms with Gasteiger partial charge in [-0.3, -0.25) is 0 Å². The van der Waals surface area contributed by atoms with Gasteiger partial charge in [0.25, 0.3) is 0 Å². The zero-order valence-electron chi connectivity index (χ0n) is 11.0. The molecule has 1 aliphatic heterocycles. The van der Waals surface area contributed by atoms with Crippen molar-refractivity contribution in [2.45, 2.75) is 44.5 Å². The predicted octanol–water partition coefficient (Wildman–Crippen LogP) is 0.473. The van der Waals surface area contributed by atoms with Crippen LogP contribution in [0.4, 0.5) is 0 Å². The Morgan fingerprint density at radius 1 is 1.47 bits per heavy atom. The third-order valence-electron chi connectivity index (χ3n) is 3.06. The van der Waals surface area contributed by atoms with Gasteiger partial charge in [0.1, 0.15) is 0 Å². The van der Waals surface area contributed by atoms with Crippen molar-refractivity contribution in [2.75, 3.05) is 26.2 Å². The number of hydrogen-bond acceptors (Lipinski definition) is 4. The second-order valence-corrected chi connectivity index (χ2v) is 7.19. The van der Waals surface area contributed by atoms with Crippen LogP contribution in [0, 0.1) is 0 Å². The minimum Gasteiger partial charge on any atom is -0.371 e. The quantitative estimate of drug-likeness (QED) is 0.732. The third kappa shape index (κ3) is 4.21. The average Bonchev–Trinajstić information content (AvgIpc) is 2.28. The molecule has 2 N–H and O–H groups in total. The largest absolute Gasteiger partial charge is 0.371 e. The minimum absolute atomic E-state index is 0.356. The lowest BCUT2D eigenvalue weighted by Crippen LogP contribution is -2.56. The van der Waals surface area contributed by atoms with Crippen molar-refractivity contribution >= 4 is 10.0 Å². The summed E-state index contributed by atoms with van der Waals surface area (Å²) >= 11 is 0. The van der Waals surface area contributed by atoms with Crippen molar-refractivity contribution in [3.8, 4) is 0 Å². The molecule has 0 spiro atoms. The van der Waals surface area contributed by atoms with Gasteiger partial charge in [-0.1, -0.05) is 13.3 Å². The molecular weight excluding hydrogens is 240 g/mol. The fourth-order valence-corrected chi connectivity index (χ4v) is 2.72. The molecule has 1 unspecified atom stereocenters. The fourth-order valence-electron chi connectivity index (χ4n) is 1.92. The highest BCUT2D eigenvalue weighted by Gasteiger charge is 2.34. The first-order valence-corrected chi connectivity index (χ1v) is 7.80. The Morgan fingerprint density at radius 3 is 2.65 bits per heavy atom. The second-order valence-electron chi connectivity index (χ2n) is 4.87. The normalized spacial score (nSPS) is 26.4. The summed E-state index contributed by atoms with van der Waals surface area (Å²) in [5.74, 6) is 0. The van der Waals surface area contributed by atoms with Crippen LogP contribution in [0.15, 0.2) is 0 Å². The molecule has 1 fully saturated rings. The maximum Gasteiger partial charge on any atom is 0.214 e. The molecular formula is C11H24N2O3S. The van der Waals surface area contributed by atoms with Gasteiger partial charge in [-0.25, -0.2) is 13.1 Å². The van der Waals surface area contributed by atoms with Gasteiger partial charge in [0.05, 0.1) is 17.5 Å². The van der Waals surface area contributed by atoms with E-state index in [1.165, 1.54) is 0 Å². The number of morpholine rings is 1. The molecule has 17 heavy (non-hydrogen) atoms. The fraction of sp³-hybridized carbons (Fsp3) is 1.00. The lowest BCUT2D eigenvalue weighted by molar-refractivity contribution is -0.0668. The summed E-state index contributed by atoms with van der Waals surface area (Å²) in [7, 11) is -3.21. The highest BCUT2D eigenvalue weighted by molar-refractivity contribution is 7.90. The average molecular weight is 264 g/mol. The van der Waals surface area contributed by atoms with E-state index in [2.05, 4.69) is 17.0 Å². The van der Waals surface area contributed by atoms with Crippen molar-refractivity contribution < 1.29 is 13.2 Å². The van der Waals surface area contributed by atoms with Gasteiger partial charge in [-0.2, -0.15) is 0 Å². The number of sulfonamides is 1. The van der Waals surface area contributed by atoms with E-state index in [1.807, 2.05) is 0 Å². The van der Waals surface area contributed by atoms with Crippen LogP contribution in [0.3, 0.4) is 0 Å². The predicted molar refractivity (Wildman–Crippen MR) is 68.5 cm³/mol. The summed E-state index contributed by atoms with van der Waals surface area (Å²) in [5, 5.41) is 2.86. The van der Waals surface area contributed by atoms with E-state index < -0.39 is 15.3 Å². The molecule has 1 rings (SSSR count). The molecule has 0 saturated carbocycles. The molecule has 1 aliphatic rings. The first-order valence-electron chi connectivity index (χ1n) is 6.25. The van der Waals surface area contributed by atoms with Crippen molar-refractivity contribution in [1.29, 1.82) is 0 Å². The van der Waals surface area contributed by atoms with Crippen molar-refractivity contribution in [2.24, 2.45) is 0 Å². The molecule has 1 heterocycles. The second kappa shape index (κ2) is 6.13. The molecule has 1 saturated heterocycles. The molecule has 0 aromatic carbocycles. The molecule has 102 valence electrons. The van der Waals surface area contributed by atoms with Crippen LogP contribution in [0.25, 0.3) is 0 Å². The van der Waals surface area contributed by atoms with Crippen LogP contribution >= 0.6 is 0 Å². The minimum atomic E-state index is -3.21. The first kappa shape index (κ1) is 14.9. The summed E-state index contributed by atoms with van der Waals surface area (Å²) in [5.41, 5.74) is -0.380. The Morgan fingerprint density at radius 2 is 2.18 bits per heavy atom. The summed E-state index contributed by atoms with van der Waals surface area (Å²) in [6.07, 6.45) is 1.84. The van der Waals surface area contributed by atoms with Crippen LogP contribution in [-0.4, -0.2) is 45.5 Å². The highest BCUT2D eigenvalue weighted by Crippen LogP contribution is 2.19. The molecule has 0 radical (unpaired) electrons. The molecule has 6 heteroatoms. The Hall–Kier alpha value is -0.170. The molecule has 0 bridgehead atoms. The summed E-state index contributed by atoms with van der Waals surface area (Å²) in [4.78, 5) is 0. The van der Waals surface area contributed by atoms with Crippen LogP contribution < -0.4 is 10.0 Å². The van der Waals surface area contributed by atoms with Gasteiger partial charge in [-0.15, -0.1) is 0 Å². The first-order chi connectivity index (χ1) is 7.92. The monoisotopic (exact) mass is 264 g/mol. The van der Waals surface area contributed by atoms with Gasteiger partial charge in [0.2, 0.25) is 10.0 Å². The molecule has 5 nitrogen and oxygen atoms in total. The number of rotatable bonds is 6. The SMILES string of the molecule is CCCC1(CNS(=O)(=O)C(C)C)CNCCO1. The Labute approximate surface area is 104 Å². The van der Waals surface area contributed by atoms with E-state index in [-0.39, 0.29) is 5.60 Å². The lowest BCUT2D eigenvalue weighted by Gasteiger charge is -2.38. The van der Waals surface area contributed by atoms with Crippen molar-refractivity contribution in [3.63, 3.8) is 0 Å². The van der Waals surface area contributed by atoms with Gasteiger partial charge in [-0.05, 0) is 20.3 Å². The Kier molecular flexibility index (Phi) is 5.37. The van der Waals surface area contributed by atoms with E-state index in [9.17, 15) is 8.42 Å². The molecule has 1 atom stereocenters. The lowest BCUT2D eigenvalue weighted by atomic mass is 9.97. The van der Waals surface area contributed by atoms with Gasteiger partial charge in [0, 0.05) is 19.6 Å². The maximum atomic E-state index is 11.7. The Bertz CT molecular complexity index is 316. The van der Waals surface area contributed by atoms with E-state index in [1.54, 1.807) is 13.8 Å². The smallest absolute Gasteiger partial charge is 0.214 e. The standard InChI is InChI=1S/C11H24N2O3S/c1-4-5-11(8-12-6-7-16-11)9-13-17(14,15)10(2)3/h10,12-13H,4-9H2,1-3H3. The summed E-state index contributed by atoms with van der Waals surface area (Å²) < 4.78 is 31.9. The maximum absolute atomic E-state index is 11.7. The number of ether oxygens (including phenoxy) is 1. The van der Waals surface area contributed by atoms with Crippen molar-refractivity contribution in [1.82, 2.24) is 10.0 Å². The molecule has 0 amide bonds. The molecule has 0 aliphatic carbocycles. The molecule has 0 aromatic rings. The van der Waals surface area contributed by atoms with Crippen LogP contribution in [-0.2, 0) is 14.8 Å². The molecule has 0 aromatic heterocycles. The van der Waals surface area contributed by atoms with E-state index in [4.69, 9.17) is 4.74 Å². The van der Waals surface area contributed by atoms with Crippen LogP contribution in [0.5, 0.6) is 0 Å². The summed E-state index contributed by atoms with van der Waals surface area (Å²) in [6, 6.07) is 0. The number of nitrogens with one attached hydrogen (secondary N) is 2. The highest BCUT2D eigenvalue weighted by atomic mass is 32.2. The van der Waals surface area contributed by atoms with Crippen molar-refractivity contribution in [3.05, 3.63) is 0 Å². The van der Waals surface area contributed by atoms with Crippen LogP contribution in [0.1, 0.15) is 33.6 Å². The van der Waals surface area contributed by atoms with Gasteiger partial charge < -0.3 is 10.1 Å². The van der Waals surface area contributed by atoms with Gasteiger partial charge in [0.15, 0.2) is 0 Å². The Balaban J connectivity index is 2.61. The zero-order chi connectivity index (χ0) is 12.9. The summed E-state index contributed by atoms with van der Waals surface area (Å²) in [6.45, 7) is 7.97. The number of hydrogen-bond donors (Lipinski definition) is 2. The van der Waals surface area contributed by atoms with Gasteiger partial charge >= 0.3 is 0 Å². The zero-order valence-corrected chi connectivity index (χ0v) is 11.8. The van der Waals surface area contributed by atoms with Crippen LogP contribution in [0.2, 0.25) is 0 Å². The van der Waals surface area contributed by atoms with E-state index in [0.29, 0.717) is 19.7 Å². The topological polar surface area (TPSA) is 67.4 Å².